The average molecular weight is 354 g/mol. The molecule has 132 valence electrons. The maximum atomic E-state index is 11.4. The van der Waals surface area contributed by atoms with Gasteiger partial charge in [0.05, 0.1) is 32.5 Å². The number of nitrogens with zero attached hydrogens (tertiary/aromatic N) is 4. The molecule has 0 N–H and O–H groups in total. The Morgan fingerprint density at radius 1 is 0.760 bits per heavy atom. The summed E-state index contributed by atoms with van der Waals surface area (Å²) in [5.41, 5.74) is -5.63. The maximum Gasteiger partial charge on any atom is 0.354 e. The molecule has 0 aromatic rings. The SMILES string of the molecule is O=[N+]([O-])C1=CCC(OC2([N+](=O)[O-])C=CC([N+](=O)[O-])=CC2)([N+](=O)[O-])C=C1. The molecule has 2 rings (SSSR count). The van der Waals surface area contributed by atoms with Crippen molar-refractivity contribution < 1.29 is 24.4 Å². The number of hydrogen-bond acceptors (Lipinski definition) is 9. The van der Waals surface area contributed by atoms with Gasteiger partial charge in [0.2, 0.25) is 0 Å². The number of rotatable bonds is 6. The van der Waals surface area contributed by atoms with Crippen molar-refractivity contribution in [2.24, 2.45) is 0 Å². The van der Waals surface area contributed by atoms with Gasteiger partial charge in [0.1, 0.15) is 0 Å². The topological polar surface area (TPSA) is 182 Å². The number of hydrogen-bond donors (Lipinski definition) is 0. The molecule has 0 aromatic heterocycles. The molecule has 13 nitrogen and oxygen atoms in total. The van der Waals surface area contributed by atoms with Crippen LogP contribution in [-0.4, -0.2) is 31.1 Å². The van der Waals surface area contributed by atoms with E-state index in [-0.39, 0.29) is 0 Å². The summed E-state index contributed by atoms with van der Waals surface area (Å²) in [7, 11) is 0. The summed E-state index contributed by atoms with van der Waals surface area (Å²) < 4.78 is 5.18. The van der Waals surface area contributed by atoms with Gasteiger partial charge in [-0.3, -0.25) is 40.5 Å². The van der Waals surface area contributed by atoms with E-state index in [0.717, 1.165) is 36.5 Å². The van der Waals surface area contributed by atoms with Crippen LogP contribution in [0.3, 0.4) is 0 Å². The van der Waals surface area contributed by atoms with Crippen LogP contribution in [0.1, 0.15) is 12.8 Å². The Balaban J connectivity index is 2.36. The molecule has 0 fully saturated rings. The zero-order chi connectivity index (χ0) is 18.8. The van der Waals surface area contributed by atoms with Gasteiger partial charge in [-0.25, -0.2) is 4.74 Å². The third kappa shape index (κ3) is 3.25. The van der Waals surface area contributed by atoms with Crippen LogP contribution >= 0.6 is 0 Å². The van der Waals surface area contributed by atoms with Crippen LogP contribution in [-0.2, 0) is 4.74 Å². The summed E-state index contributed by atoms with van der Waals surface area (Å²) in [5, 5.41) is 44.2. The molecule has 0 saturated heterocycles. The minimum Gasteiger partial charge on any atom is -0.261 e. The van der Waals surface area contributed by atoms with Crippen LogP contribution in [0.4, 0.5) is 0 Å². The van der Waals surface area contributed by atoms with Crippen molar-refractivity contribution in [1.82, 2.24) is 0 Å². The standard InChI is InChI=1S/C12H10N4O9/c17-13(18)9-1-5-11(6-2-9,15(21)22)25-12(16(23)24)7-3-10(4-8-12)14(19)20/h1-5,7H,6,8H2. The van der Waals surface area contributed by atoms with E-state index in [0.29, 0.717) is 0 Å². The molecule has 0 amide bonds. The van der Waals surface area contributed by atoms with Crippen molar-refractivity contribution in [3.05, 3.63) is 88.3 Å². The molecule has 2 aliphatic rings. The molecule has 0 aromatic carbocycles. The second-order valence-electron chi connectivity index (χ2n) is 5.15. The highest BCUT2D eigenvalue weighted by molar-refractivity contribution is 5.24. The van der Waals surface area contributed by atoms with Crippen LogP contribution in [0.5, 0.6) is 0 Å². The third-order valence-electron chi connectivity index (χ3n) is 3.63. The fourth-order valence-corrected chi connectivity index (χ4v) is 2.28. The normalized spacial score (nSPS) is 28.0. The van der Waals surface area contributed by atoms with Crippen molar-refractivity contribution in [2.45, 2.75) is 24.3 Å². The quantitative estimate of drug-likeness (QED) is 0.384. The van der Waals surface area contributed by atoms with Crippen LogP contribution < -0.4 is 0 Å². The van der Waals surface area contributed by atoms with Gasteiger partial charge in [0, 0.05) is 36.5 Å². The van der Waals surface area contributed by atoms with Gasteiger partial charge in [-0.15, -0.1) is 0 Å². The van der Waals surface area contributed by atoms with Crippen LogP contribution in [0.15, 0.2) is 47.9 Å². The Morgan fingerprint density at radius 3 is 1.32 bits per heavy atom. The lowest BCUT2D eigenvalue weighted by molar-refractivity contribution is -0.692. The third-order valence-corrected chi connectivity index (χ3v) is 3.63. The zero-order valence-electron chi connectivity index (χ0n) is 12.3. The molecular formula is C12H10N4O9. The van der Waals surface area contributed by atoms with E-state index in [1.165, 1.54) is 0 Å². The van der Waals surface area contributed by atoms with Crippen LogP contribution in [0, 0.1) is 40.5 Å². The summed E-state index contributed by atoms with van der Waals surface area (Å²) in [6.07, 6.45) is 3.79. The van der Waals surface area contributed by atoms with E-state index >= 15 is 0 Å². The highest BCUT2D eigenvalue weighted by Crippen LogP contribution is 2.35. The molecule has 13 heteroatoms. The summed E-state index contributed by atoms with van der Waals surface area (Å²) in [4.78, 5) is 40.8. The lowest BCUT2D eigenvalue weighted by atomic mass is 9.99. The minimum absolute atomic E-state index is 0.411. The highest BCUT2D eigenvalue weighted by Gasteiger charge is 2.56. The molecule has 0 heterocycles. The summed E-state index contributed by atoms with van der Waals surface area (Å²) in [6.45, 7) is 0. The Kier molecular flexibility index (Phi) is 4.43. The van der Waals surface area contributed by atoms with E-state index in [4.69, 9.17) is 4.74 Å². The van der Waals surface area contributed by atoms with Crippen molar-refractivity contribution >= 4 is 0 Å². The largest absolute Gasteiger partial charge is 0.354 e. The first-order valence-corrected chi connectivity index (χ1v) is 6.69. The molecule has 2 atom stereocenters. The number of ether oxygens (including phenoxy) is 1. The Morgan fingerprint density at radius 2 is 1.12 bits per heavy atom. The van der Waals surface area contributed by atoms with Crippen LogP contribution in [0.2, 0.25) is 0 Å². The molecular weight excluding hydrogens is 344 g/mol. The smallest absolute Gasteiger partial charge is 0.261 e. The first-order chi connectivity index (χ1) is 11.6. The van der Waals surface area contributed by atoms with Crippen molar-refractivity contribution in [1.29, 1.82) is 0 Å². The first kappa shape index (κ1) is 17.9. The van der Waals surface area contributed by atoms with Crippen LogP contribution in [0.25, 0.3) is 0 Å². The van der Waals surface area contributed by atoms with Gasteiger partial charge in [0.25, 0.3) is 11.4 Å². The number of nitro groups is 4. The van der Waals surface area contributed by atoms with Gasteiger partial charge in [0.15, 0.2) is 0 Å². The lowest BCUT2D eigenvalue weighted by Crippen LogP contribution is -2.52. The van der Waals surface area contributed by atoms with E-state index in [1.807, 2.05) is 0 Å². The van der Waals surface area contributed by atoms with Gasteiger partial charge in [-0.1, -0.05) is 0 Å². The Hall–Kier alpha value is -3.48. The maximum absolute atomic E-state index is 11.4. The Labute approximate surface area is 138 Å². The molecule has 0 spiro atoms. The molecule has 0 aliphatic heterocycles. The van der Waals surface area contributed by atoms with E-state index in [9.17, 15) is 40.5 Å². The van der Waals surface area contributed by atoms with Crippen molar-refractivity contribution in [3.63, 3.8) is 0 Å². The minimum atomic E-state index is -2.41. The second-order valence-corrected chi connectivity index (χ2v) is 5.15. The zero-order valence-corrected chi connectivity index (χ0v) is 12.3. The number of allylic oxidation sites excluding steroid dienone is 2. The van der Waals surface area contributed by atoms with Gasteiger partial charge < -0.3 is 0 Å². The monoisotopic (exact) mass is 354 g/mol. The molecule has 0 bridgehead atoms. The summed E-state index contributed by atoms with van der Waals surface area (Å²) in [5.74, 6) is 0. The van der Waals surface area contributed by atoms with Crippen molar-refractivity contribution in [3.8, 4) is 0 Å². The summed E-state index contributed by atoms with van der Waals surface area (Å²) >= 11 is 0. The molecule has 2 unspecified atom stereocenters. The second kappa shape index (κ2) is 6.20. The highest BCUT2D eigenvalue weighted by atomic mass is 16.7. The molecule has 2 aliphatic carbocycles. The van der Waals surface area contributed by atoms with E-state index < -0.39 is 55.4 Å². The first-order valence-electron chi connectivity index (χ1n) is 6.69. The molecule has 0 radical (unpaired) electrons. The lowest BCUT2D eigenvalue weighted by Gasteiger charge is -2.30. The summed E-state index contributed by atoms with van der Waals surface area (Å²) in [6, 6.07) is 0. The fraction of sp³-hybridized carbons (Fsp3) is 0.333. The van der Waals surface area contributed by atoms with Gasteiger partial charge in [-0.2, -0.15) is 0 Å². The van der Waals surface area contributed by atoms with Crippen molar-refractivity contribution in [2.75, 3.05) is 0 Å². The van der Waals surface area contributed by atoms with Gasteiger partial charge >= 0.3 is 11.4 Å². The predicted molar refractivity (Wildman–Crippen MR) is 78.2 cm³/mol. The van der Waals surface area contributed by atoms with Gasteiger partial charge in [-0.05, 0) is 0 Å². The predicted octanol–water partition coefficient (Wildman–Crippen LogP) is 1.19. The Bertz CT molecular complexity index is 719. The molecule has 0 saturated carbocycles. The van der Waals surface area contributed by atoms with E-state index in [2.05, 4.69) is 0 Å². The van der Waals surface area contributed by atoms with E-state index in [1.54, 1.807) is 0 Å². The molecule has 25 heavy (non-hydrogen) atoms. The average Bonchev–Trinajstić information content (AvgIpc) is 2.55. The fourth-order valence-electron chi connectivity index (χ4n) is 2.28.